The van der Waals surface area contributed by atoms with E-state index < -0.39 is 0 Å². The van der Waals surface area contributed by atoms with E-state index in [1.54, 1.807) is 0 Å². The molecule has 1 fully saturated rings. The lowest BCUT2D eigenvalue weighted by Crippen LogP contribution is -2.48. The lowest BCUT2D eigenvalue weighted by atomic mass is 9.66. The maximum absolute atomic E-state index is 12.3. The van der Waals surface area contributed by atoms with Gasteiger partial charge in [-0.15, -0.1) is 0 Å². The van der Waals surface area contributed by atoms with Crippen molar-refractivity contribution in [3.8, 4) is 0 Å². The summed E-state index contributed by atoms with van der Waals surface area (Å²) in [6, 6.07) is 0. The van der Waals surface area contributed by atoms with Crippen LogP contribution in [0.25, 0.3) is 0 Å². The minimum atomic E-state index is -0.0769. The SMILES string of the molecule is CCC(CC)(CCO)CNC(=O)C1(CC)CCC1. The third-order valence-corrected chi connectivity index (χ3v) is 5.24. The monoisotopic (exact) mass is 255 g/mol. The van der Waals surface area contributed by atoms with Crippen LogP contribution in [0.2, 0.25) is 0 Å². The maximum atomic E-state index is 12.3. The summed E-state index contributed by atoms with van der Waals surface area (Å²) in [6.45, 7) is 7.31. The Hall–Kier alpha value is -0.570. The maximum Gasteiger partial charge on any atom is 0.226 e. The fourth-order valence-electron chi connectivity index (χ4n) is 2.98. The first-order valence-corrected chi connectivity index (χ1v) is 7.47. The third-order valence-electron chi connectivity index (χ3n) is 5.24. The zero-order valence-electron chi connectivity index (χ0n) is 12.2. The Balaban J connectivity index is 2.54. The first-order valence-electron chi connectivity index (χ1n) is 7.47. The average Bonchev–Trinajstić information content (AvgIpc) is 2.34. The topological polar surface area (TPSA) is 49.3 Å². The molecule has 1 amide bonds. The minimum absolute atomic E-state index is 0.0725. The highest BCUT2D eigenvalue weighted by atomic mass is 16.3. The van der Waals surface area contributed by atoms with Crippen molar-refractivity contribution < 1.29 is 9.90 Å². The normalized spacial score (nSPS) is 18.2. The van der Waals surface area contributed by atoms with Crippen molar-refractivity contribution in [1.82, 2.24) is 5.32 Å². The van der Waals surface area contributed by atoms with Crippen LogP contribution in [0.3, 0.4) is 0 Å². The van der Waals surface area contributed by atoms with Crippen molar-refractivity contribution in [1.29, 1.82) is 0 Å². The minimum Gasteiger partial charge on any atom is -0.396 e. The molecule has 1 aliphatic carbocycles. The van der Waals surface area contributed by atoms with Crippen LogP contribution in [0.15, 0.2) is 0 Å². The number of aliphatic hydroxyl groups is 1. The molecule has 0 aliphatic heterocycles. The molecule has 106 valence electrons. The van der Waals surface area contributed by atoms with Gasteiger partial charge in [-0.3, -0.25) is 4.79 Å². The Morgan fingerprint density at radius 3 is 2.22 bits per heavy atom. The summed E-state index contributed by atoms with van der Waals surface area (Å²) in [7, 11) is 0. The average molecular weight is 255 g/mol. The summed E-state index contributed by atoms with van der Waals surface area (Å²) in [5, 5.41) is 12.3. The van der Waals surface area contributed by atoms with E-state index in [4.69, 9.17) is 0 Å². The molecule has 2 N–H and O–H groups in total. The van der Waals surface area contributed by atoms with E-state index in [9.17, 15) is 9.90 Å². The van der Waals surface area contributed by atoms with E-state index in [0.29, 0.717) is 6.54 Å². The Bertz CT molecular complexity index is 262. The third kappa shape index (κ3) is 3.05. The van der Waals surface area contributed by atoms with Crippen LogP contribution < -0.4 is 5.32 Å². The number of rotatable bonds is 8. The van der Waals surface area contributed by atoms with Crippen molar-refractivity contribution in [2.75, 3.05) is 13.2 Å². The highest BCUT2D eigenvalue weighted by molar-refractivity contribution is 5.83. The van der Waals surface area contributed by atoms with Crippen molar-refractivity contribution >= 4 is 5.91 Å². The molecule has 0 aromatic heterocycles. The second kappa shape index (κ2) is 6.55. The molecular formula is C15H29NO2. The van der Waals surface area contributed by atoms with Gasteiger partial charge in [0.2, 0.25) is 5.91 Å². The molecule has 1 saturated carbocycles. The van der Waals surface area contributed by atoms with E-state index >= 15 is 0 Å². The van der Waals surface area contributed by atoms with Crippen LogP contribution in [-0.4, -0.2) is 24.2 Å². The molecule has 3 nitrogen and oxygen atoms in total. The van der Waals surface area contributed by atoms with E-state index in [1.165, 1.54) is 6.42 Å². The number of hydrogen-bond donors (Lipinski definition) is 2. The number of carbonyl (C=O) groups is 1. The summed E-state index contributed by atoms with van der Waals surface area (Å²) >= 11 is 0. The van der Waals surface area contributed by atoms with E-state index in [1.807, 2.05) is 0 Å². The first-order chi connectivity index (χ1) is 8.58. The summed E-state index contributed by atoms with van der Waals surface area (Å²) in [4.78, 5) is 12.3. The predicted octanol–water partition coefficient (Wildman–Crippen LogP) is 2.87. The Morgan fingerprint density at radius 2 is 1.89 bits per heavy atom. The lowest BCUT2D eigenvalue weighted by molar-refractivity contribution is -0.136. The summed E-state index contributed by atoms with van der Waals surface area (Å²) in [6.07, 6.45) is 7.00. The summed E-state index contributed by atoms with van der Waals surface area (Å²) in [5.74, 6) is 0.237. The van der Waals surface area contributed by atoms with Crippen LogP contribution in [0, 0.1) is 10.8 Å². The Labute approximate surface area is 111 Å². The zero-order valence-corrected chi connectivity index (χ0v) is 12.2. The molecule has 0 atom stereocenters. The van der Waals surface area contributed by atoms with Crippen LogP contribution in [-0.2, 0) is 4.79 Å². The molecule has 0 spiro atoms. The van der Waals surface area contributed by atoms with Gasteiger partial charge in [0.25, 0.3) is 0 Å². The fourth-order valence-corrected chi connectivity index (χ4v) is 2.98. The van der Waals surface area contributed by atoms with Crippen molar-refractivity contribution in [2.45, 2.75) is 65.7 Å². The number of amides is 1. The van der Waals surface area contributed by atoms with Crippen molar-refractivity contribution in [3.05, 3.63) is 0 Å². The first kappa shape index (κ1) is 15.5. The van der Waals surface area contributed by atoms with Gasteiger partial charge in [0.1, 0.15) is 0 Å². The standard InChI is InChI=1S/C15H29NO2/c1-4-14(5-2,10-11-17)12-16-13(18)15(6-3)8-7-9-15/h17H,4-12H2,1-3H3,(H,16,18). The van der Waals surface area contributed by atoms with Crippen LogP contribution in [0.1, 0.15) is 65.7 Å². The molecular weight excluding hydrogens is 226 g/mol. The molecule has 0 heterocycles. The highest BCUT2D eigenvalue weighted by Gasteiger charge is 2.42. The molecule has 0 saturated heterocycles. The van der Waals surface area contributed by atoms with E-state index in [-0.39, 0.29) is 23.3 Å². The van der Waals surface area contributed by atoms with Crippen LogP contribution in [0.4, 0.5) is 0 Å². The van der Waals surface area contributed by atoms with Gasteiger partial charge < -0.3 is 10.4 Å². The lowest BCUT2D eigenvalue weighted by Gasteiger charge is -2.41. The quantitative estimate of drug-likeness (QED) is 0.700. The second-order valence-corrected chi connectivity index (χ2v) is 5.85. The van der Waals surface area contributed by atoms with E-state index in [0.717, 1.165) is 38.5 Å². The summed E-state index contributed by atoms with van der Waals surface area (Å²) in [5.41, 5.74) is -0.00444. The van der Waals surface area contributed by atoms with Crippen molar-refractivity contribution in [2.24, 2.45) is 10.8 Å². The second-order valence-electron chi connectivity index (χ2n) is 5.85. The van der Waals surface area contributed by atoms with Gasteiger partial charge in [0.05, 0.1) is 0 Å². The van der Waals surface area contributed by atoms with Gasteiger partial charge in [-0.1, -0.05) is 27.2 Å². The molecule has 3 heteroatoms. The Kier molecular flexibility index (Phi) is 5.64. The predicted molar refractivity (Wildman–Crippen MR) is 74.3 cm³/mol. The molecule has 1 rings (SSSR count). The molecule has 0 radical (unpaired) electrons. The molecule has 0 aromatic carbocycles. The fraction of sp³-hybridized carbons (Fsp3) is 0.933. The van der Waals surface area contributed by atoms with Gasteiger partial charge in [-0.05, 0) is 43.9 Å². The molecule has 1 aliphatic rings. The molecule has 18 heavy (non-hydrogen) atoms. The number of hydrogen-bond acceptors (Lipinski definition) is 2. The van der Waals surface area contributed by atoms with Crippen LogP contribution >= 0.6 is 0 Å². The molecule has 0 unspecified atom stereocenters. The number of nitrogens with one attached hydrogen (secondary N) is 1. The van der Waals surface area contributed by atoms with Crippen LogP contribution in [0.5, 0.6) is 0 Å². The van der Waals surface area contributed by atoms with Gasteiger partial charge in [0.15, 0.2) is 0 Å². The van der Waals surface area contributed by atoms with Gasteiger partial charge in [-0.2, -0.15) is 0 Å². The Morgan fingerprint density at radius 1 is 1.28 bits per heavy atom. The van der Waals surface area contributed by atoms with Crippen molar-refractivity contribution in [3.63, 3.8) is 0 Å². The van der Waals surface area contributed by atoms with Gasteiger partial charge in [-0.25, -0.2) is 0 Å². The van der Waals surface area contributed by atoms with Gasteiger partial charge >= 0.3 is 0 Å². The summed E-state index contributed by atoms with van der Waals surface area (Å²) < 4.78 is 0. The van der Waals surface area contributed by atoms with E-state index in [2.05, 4.69) is 26.1 Å². The highest BCUT2D eigenvalue weighted by Crippen LogP contribution is 2.44. The molecule has 0 bridgehead atoms. The largest absolute Gasteiger partial charge is 0.396 e. The van der Waals surface area contributed by atoms with Gasteiger partial charge in [0, 0.05) is 18.6 Å². The zero-order chi connectivity index (χ0) is 13.6. The number of aliphatic hydroxyl groups excluding tert-OH is 1. The molecule has 0 aromatic rings. The smallest absolute Gasteiger partial charge is 0.226 e. The number of carbonyl (C=O) groups excluding carboxylic acids is 1.